The summed E-state index contributed by atoms with van der Waals surface area (Å²) in [7, 11) is -3.86. The van der Waals surface area contributed by atoms with Crippen LogP contribution in [0.4, 0.5) is 15.8 Å². The summed E-state index contributed by atoms with van der Waals surface area (Å²) in [6, 6.07) is 7.36. The molecule has 0 aliphatic rings. The highest BCUT2D eigenvalue weighted by atomic mass is 32.2. The van der Waals surface area contributed by atoms with Crippen molar-refractivity contribution >= 4 is 21.4 Å². The standard InChI is InChI=1S/C15H17FN2O2S/c1-9-7-13(17)15(8-10(9)2)21(19,20)18-14-6-4-5-12(16)11(14)3/h4-8,18H,17H2,1-3H3. The molecule has 112 valence electrons. The van der Waals surface area contributed by atoms with E-state index >= 15 is 0 Å². The number of halogens is 1. The minimum Gasteiger partial charge on any atom is -0.398 e. The predicted molar refractivity (Wildman–Crippen MR) is 82.3 cm³/mol. The normalized spacial score (nSPS) is 11.4. The largest absolute Gasteiger partial charge is 0.398 e. The second-order valence-electron chi connectivity index (χ2n) is 4.99. The summed E-state index contributed by atoms with van der Waals surface area (Å²) in [5, 5.41) is 0. The summed E-state index contributed by atoms with van der Waals surface area (Å²) in [6.07, 6.45) is 0. The fraction of sp³-hybridized carbons (Fsp3) is 0.200. The Balaban J connectivity index is 2.48. The van der Waals surface area contributed by atoms with E-state index < -0.39 is 15.8 Å². The monoisotopic (exact) mass is 308 g/mol. The Morgan fingerprint density at radius 1 is 1.10 bits per heavy atom. The molecule has 0 aliphatic heterocycles. The highest BCUT2D eigenvalue weighted by Gasteiger charge is 2.20. The molecule has 0 saturated carbocycles. The van der Waals surface area contributed by atoms with Crippen LogP contribution in [0.3, 0.4) is 0 Å². The third-order valence-corrected chi connectivity index (χ3v) is 4.85. The van der Waals surface area contributed by atoms with E-state index in [1.807, 2.05) is 6.92 Å². The van der Waals surface area contributed by atoms with Gasteiger partial charge in [-0.05, 0) is 56.2 Å². The second kappa shape index (κ2) is 5.37. The maximum absolute atomic E-state index is 13.5. The van der Waals surface area contributed by atoms with Crippen LogP contribution in [0.2, 0.25) is 0 Å². The van der Waals surface area contributed by atoms with Crippen LogP contribution in [0.5, 0.6) is 0 Å². The average molecular weight is 308 g/mol. The summed E-state index contributed by atoms with van der Waals surface area (Å²) in [4.78, 5) is -0.00531. The van der Waals surface area contributed by atoms with E-state index in [0.29, 0.717) is 0 Å². The van der Waals surface area contributed by atoms with Crippen molar-refractivity contribution < 1.29 is 12.8 Å². The molecule has 0 fully saturated rings. The van der Waals surface area contributed by atoms with Gasteiger partial charge in [0.25, 0.3) is 10.0 Å². The van der Waals surface area contributed by atoms with Crippen molar-refractivity contribution in [1.29, 1.82) is 0 Å². The van der Waals surface area contributed by atoms with Gasteiger partial charge < -0.3 is 5.73 Å². The SMILES string of the molecule is Cc1cc(N)c(S(=O)(=O)Nc2cccc(F)c2C)cc1C. The maximum Gasteiger partial charge on any atom is 0.263 e. The van der Waals surface area contributed by atoms with E-state index in [2.05, 4.69) is 4.72 Å². The average Bonchev–Trinajstić information content (AvgIpc) is 2.39. The lowest BCUT2D eigenvalue weighted by atomic mass is 10.1. The molecule has 0 saturated heterocycles. The van der Waals surface area contributed by atoms with Gasteiger partial charge in [-0.15, -0.1) is 0 Å². The lowest BCUT2D eigenvalue weighted by molar-refractivity contribution is 0.601. The second-order valence-corrected chi connectivity index (χ2v) is 6.64. The predicted octanol–water partition coefficient (Wildman–Crippen LogP) is 3.13. The van der Waals surface area contributed by atoms with Crippen LogP contribution in [-0.2, 0) is 10.0 Å². The zero-order valence-corrected chi connectivity index (χ0v) is 12.9. The summed E-state index contributed by atoms with van der Waals surface area (Å²) < 4.78 is 40.7. The number of nitrogens with one attached hydrogen (secondary N) is 1. The molecule has 0 amide bonds. The first-order valence-corrected chi connectivity index (χ1v) is 7.85. The molecule has 4 nitrogen and oxygen atoms in total. The number of benzene rings is 2. The molecular formula is C15H17FN2O2S. The van der Waals surface area contributed by atoms with Crippen molar-refractivity contribution in [2.24, 2.45) is 0 Å². The summed E-state index contributed by atoms with van der Waals surface area (Å²) >= 11 is 0. The number of nitrogen functional groups attached to an aromatic ring is 1. The number of hydrogen-bond acceptors (Lipinski definition) is 3. The molecular weight excluding hydrogens is 291 g/mol. The van der Waals surface area contributed by atoms with E-state index in [9.17, 15) is 12.8 Å². The van der Waals surface area contributed by atoms with Gasteiger partial charge in [-0.1, -0.05) is 6.07 Å². The minimum absolute atomic E-state index is 0.00531. The molecule has 0 aromatic heterocycles. The molecule has 0 heterocycles. The van der Waals surface area contributed by atoms with E-state index in [1.165, 1.54) is 31.2 Å². The van der Waals surface area contributed by atoms with Gasteiger partial charge in [-0.25, -0.2) is 12.8 Å². The molecule has 2 aromatic carbocycles. The van der Waals surface area contributed by atoms with Crippen molar-refractivity contribution in [1.82, 2.24) is 0 Å². The number of hydrogen-bond donors (Lipinski definition) is 2. The minimum atomic E-state index is -3.86. The van der Waals surface area contributed by atoms with Crippen molar-refractivity contribution in [2.75, 3.05) is 10.5 Å². The fourth-order valence-corrected chi connectivity index (χ4v) is 3.28. The molecule has 2 rings (SSSR count). The van der Waals surface area contributed by atoms with Gasteiger partial charge in [-0.2, -0.15) is 0 Å². The first-order valence-electron chi connectivity index (χ1n) is 6.37. The van der Waals surface area contributed by atoms with Crippen molar-refractivity contribution in [3.05, 3.63) is 52.8 Å². The third kappa shape index (κ3) is 3.00. The molecule has 2 aromatic rings. The van der Waals surface area contributed by atoms with Gasteiger partial charge >= 0.3 is 0 Å². The highest BCUT2D eigenvalue weighted by molar-refractivity contribution is 7.92. The first kappa shape index (κ1) is 15.3. The molecule has 3 N–H and O–H groups in total. The van der Waals surface area contributed by atoms with E-state index in [4.69, 9.17) is 5.73 Å². The van der Waals surface area contributed by atoms with Gasteiger partial charge in [0.2, 0.25) is 0 Å². The van der Waals surface area contributed by atoms with Crippen LogP contribution in [0.25, 0.3) is 0 Å². The van der Waals surface area contributed by atoms with Crippen LogP contribution in [0.1, 0.15) is 16.7 Å². The molecule has 0 radical (unpaired) electrons. The van der Waals surface area contributed by atoms with Gasteiger partial charge in [0.1, 0.15) is 10.7 Å². The van der Waals surface area contributed by atoms with Crippen LogP contribution < -0.4 is 10.5 Å². The van der Waals surface area contributed by atoms with Crippen LogP contribution in [0, 0.1) is 26.6 Å². The summed E-state index contributed by atoms with van der Waals surface area (Å²) in [5.41, 5.74) is 8.14. The Hall–Kier alpha value is -2.08. The zero-order chi connectivity index (χ0) is 15.8. The van der Waals surface area contributed by atoms with Gasteiger partial charge in [0.15, 0.2) is 0 Å². The molecule has 0 atom stereocenters. The Morgan fingerprint density at radius 3 is 2.38 bits per heavy atom. The van der Waals surface area contributed by atoms with Gasteiger partial charge in [-0.3, -0.25) is 4.72 Å². The molecule has 0 unspecified atom stereocenters. The first-order chi connectivity index (χ1) is 9.72. The molecule has 0 spiro atoms. The molecule has 0 aliphatic carbocycles. The van der Waals surface area contributed by atoms with Gasteiger partial charge in [0.05, 0.1) is 11.4 Å². The van der Waals surface area contributed by atoms with E-state index in [-0.39, 0.29) is 21.8 Å². The van der Waals surface area contributed by atoms with Gasteiger partial charge in [0, 0.05) is 5.56 Å². The molecule has 21 heavy (non-hydrogen) atoms. The van der Waals surface area contributed by atoms with Crippen LogP contribution in [0.15, 0.2) is 35.2 Å². The number of nitrogens with two attached hydrogens (primary N) is 1. The van der Waals surface area contributed by atoms with E-state index in [0.717, 1.165) is 11.1 Å². The Bertz CT molecular complexity index is 802. The van der Waals surface area contributed by atoms with E-state index in [1.54, 1.807) is 13.0 Å². The number of aryl methyl sites for hydroxylation is 2. The molecule has 6 heteroatoms. The maximum atomic E-state index is 13.5. The quantitative estimate of drug-likeness (QED) is 0.856. The van der Waals surface area contributed by atoms with Crippen LogP contribution in [-0.4, -0.2) is 8.42 Å². The Labute approximate surface area is 123 Å². The number of rotatable bonds is 3. The lowest BCUT2D eigenvalue weighted by Gasteiger charge is -2.14. The Morgan fingerprint density at radius 2 is 1.71 bits per heavy atom. The number of anilines is 2. The Kier molecular flexibility index (Phi) is 3.91. The third-order valence-electron chi connectivity index (χ3n) is 3.43. The van der Waals surface area contributed by atoms with Crippen molar-refractivity contribution in [2.45, 2.75) is 25.7 Å². The topological polar surface area (TPSA) is 72.2 Å². The summed E-state index contributed by atoms with van der Waals surface area (Å²) in [6.45, 7) is 5.17. The summed E-state index contributed by atoms with van der Waals surface area (Å²) in [5.74, 6) is -0.469. The van der Waals surface area contributed by atoms with Crippen LogP contribution >= 0.6 is 0 Å². The molecule has 0 bridgehead atoms. The highest BCUT2D eigenvalue weighted by Crippen LogP contribution is 2.26. The van der Waals surface area contributed by atoms with Crippen molar-refractivity contribution in [3.8, 4) is 0 Å². The van der Waals surface area contributed by atoms with Crippen molar-refractivity contribution in [3.63, 3.8) is 0 Å². The lowest BCUT2D eigenvalue weighted by Crippen LogP contribution is -2.16. The number of sulfonamides is 1. The zero-order valence-electron chi connectivity index (χ0n) is 12.1. The fourth-order valence-electron chi connectivity index (χ4n) is 1.96. The smallest absolute Gasteiger partial charge is 0.263 e.